The molecule has 0 bridgehead atoms. The number of thiazole rings is 1. The predicted octanol–water partition coefficient (Wildman–Crippen LogP) is 4.95. The molecule has 0 atom stereocenters. The van der Waals surface area contributed by atoms with Crippen LogP contribution in [-0.4, -0.2) is 43.8 Å². The molecule has 7 nitrogen and oxygen atoms in total. The van der Waals surface area contributed by atoms with Gasteiger partial charge in [-0.15, -0.1) is 22.7 Å². The second-order valence-electron chi connectivity index (χ2n) is 8.29. The molecule has 2 aromatic heterocycles. The number of fused-ring (bicyclic) bond motifs is 2. The molecule has 1 amide bonds. The molecule has 3 heterocycles. The van der Waals surface area contributed by atoms with Crippen LogP contribution in [0, 0.1) is 0 Å². The lowest BCUT2D eigenvalue weighted by Gasteiger charge is -2.25. The SMILES string of the molecule is CCNS(=O)(=O)c1ccc(C(=O)Nc2sc3c(c2-c2nc4ccccc4s2)CCN(CC)C3)cc1. The van der Waals surface area contributed by atoms with Crippen LogP contribution in [0.4, 0.5) is 5.00 Å². The number of nitrogens with zero attached hydrogens (tertiary/aromatic N) is 2. The minimum atomic E-state index is -3.57. The number of nitrogens with one attached hydrogen (secondary N) is 2. The second kappa shape index (κ2) is 9.79. The minimum Gasteiger partial charge on any atom is -0.313 e. The van der Waals surface area contributed by atoms with E-state index in [2.05, 4.69) is 27.9 Å². The van der Waals surface area contributed by atoms with Crippen molar-refractivity contribution >= 4 is 53.8 Å². The maximum Gasteiger partial charge on any atom is 0.256 e. The van der Waals surface area contributed by atoms with Crippen LogP contribution in [0.25, 0.3) is 20.8 Å². The molecule has 2 N–H and O–H groups in total. The number of sulfonamides is 1. The summed E-state index contributed by atoms with van der Waals surface area (Å²) in [5, 5.41) is 4.81. The van der Waals surface area contributed by atoms with Gasteiger partial charge in [0.2, 0.25) is 10.0 Å². The Hall–Kier alpha value is -2.63. The summed E-state index contributed by atoms with van der Waals surface area (Å²) in [6.45, 7) is 7.02. The van der Waals surface area contributed by atoms with Gasteiger partial charge in [-0.25, -0.2) is 18.1 Å². The molecule has 35 heavy (non-hydrogen) atoms. The topological polar surface area (TPSA) is 91.4 Å². The van der Waals surface area contributed by atoms with E-state index in [9.17, 15) is 13.2 Å². The number of aromatic nitrogens is 1. The third-order valence-corrected chi connectivity index (χ3v) is 9.83. The van der Waals surface area contributed by atoms with Crippen LogP contribution in [-0.2, 0) is 23.0 Å². The van der Waals surface area contributed by atoms with Gasteiger partial charge in [0.1, 0.15) is 10.0 Å². The van der Waals surface area contributed by atoms with Gasteiger partial charge in [0, 0.05) is 35.6 Å². The molecule has 0 saturated heterocycles. The quantitative estimate of drug-likeness (QED) is 0.355. The van der Waals surface area contributed by atoms with E-state index in [0.717, 1.165) is 51.8 Å². The Morgan fingerprint density at radius 1 is 1.09 bits per heavy atom. The summed E-state index contributed by atoms with van der Waals surface area (Å²) in [6, 6.07) is 14.1. The van der Waals surface area contributed by atoms with Crippen molar-refractivity contribution in [3.05, 3.63) is 64.5 Å². The van der Waals surface area contributed by atoms with E-state index in [1.54, 1.807) is 41.7 Å². The average Bonchev–Trinajstić information content (AvgIpc) is 3.44. The minimum absolute atomic E-state index is 0.136. The standard InChI is InChI=1S/C25H26N4O3S3/c1-3-26-35(31,32)17-11-9-16(10-12-17)23(30)28-25-22(18-13-14-29(4-2)15-21(18)34-25)24-27-19-7-5-6-8-20(19)33-24/h5-12,26H,3-4,13-15H2,1-2H3,(H,28,30). The fourth-order valence-electron chi connectivity index (χ4n) is 4.25. The first kappa shape index (κ1) is 24.1. The maximum atomic E-state index is 13.2. The summed E-state index contributed by atoms with van der Waals surface area (Å²) in [4.78, 5) is 21.9. The number of anilines is 1. The molecule has 0 saturated carbocycles. The van der Waals surface area contributed by atoms with Crippen molar-refractivity contribution in [2.75, 3.05) is 25.0 Å². The molecule has 1 aliphatic heterocycles. The first-order chi connectivity index (χ1) is 16.9. The molecule has 0 aliphatic carbocycles. The van der Waals surface area contributed by atoms with E-state index in [4.69, 9.17) is 4.98 Å². The molecular formula is C25H26N4O3S3. The normalized spacial score (nSPS) is 14.2. The Bertz CT molecular complexity index is 1460. The van der Waals surface area contributed by atoms with Crippen molar-refractivity contribution in [3.8, 4) is 10.6 Å². The highest BCUT2D eigenvalue weighted by Crippen LogP contribution is 2.45. The Labute approximate surface area is 212 Å². The Balaban J connectivity index is 1.49. The lowest BCUT2D eigenvalue weighted by molar-refractivity contribution is 0.102. The maximum absolute atomic E-state index is 13.2. The fraction of sp³-hybridized carbons (Fsp3) is 0.280. The molecule has 5 rings (SSSR count). The molecule has 0 spiro atoms. The number of benzene rings is 2. The third-order valence-electron chi connectivity index (χ3n) is 6.08. The number of thiophene rings is 1. The molecule has 0 fully saturated rings. The summed E-state index contributed by atoms with van der Waals surface area (Å²) >= 11 is 3.25. The summed E-state index contributed by atoms with van der Waals surface area (Å²) in [5.74, 6) is -0.272. The van der Waals surface area contributed by atoms with Crippen LogP contribution in [0.5, 0.6) is 0 Å². The predicted molar refractivity (Wildman–Crippen MR) is 143 cm³/mol. The largest absolute Gasteiger partial charge is 0.313 e. The van der Waals surface area contributed by atoms with Crippen molar-refractivity contribution in [3.63, 3.8) is 0 Å². The Morgan fingerprint density at radius 3 is 2.57 bits per heavy atom. The molecule has 1 aliphatic rings. The zero-order valence-electron chi connectivity index (χ0n) is 19.5. The van der Waals surface area contributed by atoms with Gasteiger partial charge in [0.25, 0.3) is 5.91 Å². The Morgan fingerprint density at radius 2 is 1.86 bits per heavy atom. The van der Waals surface area contributed by atoms with Gasteiger partial charge in [0.15, 0.2) is 0 Å². The monoisotopic (exact) mass is 526 g/mol. The smallest absolute Gasteiger partial charge is 0.256 e. The van der Waals surface area contributed by atoms with E-state index >= 15 is 0 Å². The van der Waals surface area contributed by atoms with Gasteiger partial charge in [-0.05, 0) is 54.9 Å². The van der Waals surface area contributed by atoms with Crippen LogP contribution in [0.15, 0.2) is 53.4 Å². The molecule has 4 aromatic rings. The van der Waals surface area contributed by atoms with Gasteiger partial charge < -0.3 is 5.32 Å². The van der Waals surface area contributed by atoms with Crippen molar-refractivity contribution in [2.24, 2.45) is 0 Å². The van der Waals surface area contributed by atoms with Gasteiger partial charge in [-0.3, -0.25) is 9.69 Å². The molecule has 2 aromatic carbocycles. The lowest BCUT2D eigenvalue weighted by atomic mass is 10.0. The van der Waals surface area contributed by atoms with Crippen molar-refractivity contribution in [2.45, 2.75) is 31.7 Å². The van der Waals surface area contributed by atoms with Crippen LogP contribution >= 0.6 is 22.7 Å². The molecule has 182 valence electrons. The highest BCUT2D eigenvalue weighted by atomic mass is 32.2. The van der Waals surface area contributed by atoms with E-state index < -0.39 is 10.0 Å². The fourth-order valence-corrected chi connectivity index (χ4v) is 7.69. The number of amides is 1. The number of carbonyl (C=O) groups excluding carboxylic acids is 1. The zero-order chi connectivity index (χ0) is 24.6. The van der Waals surface area contributed by atoms with Gasteiger partial charge in [0.05, 0.1) is 15.1 Å². The summed E-state index contributed by atoms with van der Waals surface area (Å²) in [5.41, 5.74) is 3.63. The van der Waals surface area contributed by atoms with Crippen molar-refractivity contribution in [1.29, 1.82) is 0 Å². The highest BCUT2D eigenvalue weighted by molar-refractivity contribution is 7.89. The third kappa shape index (κ3) is 4.76. The van der Waals surface area contributed by atoms with Gasteiger partial charge in [-0.2, -0.15) is 0 Å². The first-order valence-corrected chi connectivity index (χ1v) is 14.6. The van der Waals surface area contributed by atoms with Crippen molar-refractivity contribution < 1.29 is 13.2 Å². The van der Waals surface area contributed by atoms with Crippen molar-refractivity contribution in [1.82, 2.24) is 14.6 Å². The van der Waals surface area contributed by atoms with E-state index in [0.29, 0.717) is 12.1 Å². The second-order valence-corrected chi connectivity index (χ2v) is 12.2. The molecule has 0 radical (unpaired) electrons. The molecule has 10 heteroatoms. The van der Waals surface area contributed by atoms with Crippen LogP contribution < -0.4 is 10.0 Å². The Kier molecular flexibility index (Phi) is 6.73. The summed E-state index contributed by atoms with van der Waals surface area (Å²) in [6.07, 6.45) is 0.914. The number of likely N-dealkylation sites (N-methyl/N-ethyl adjacent to an activating group) is 1. The molecular weight excluding hydrogens is 501 g/mol. The number of rotatable bonds is 7. The molecule has 0 unspecified atom stereocenters. The van der Waals surface area contributed by atoms with E-state index in [-0.39, 0.29) is 10.8 Å². The number of hydrogen-bond acceptors (Lipinski definition) is 7. The number of carbonyl (C=O) groups is 1. The van der Waals surface area contributed by atoms with E-state index in [1.807, 2.05) is 18.2 Å². The summed E-state index contributed by atoms with van der Waals surface area (Å²) in [7, 11) is -3.57. The zero-order valence-corrected chi connectivity index (χ0v) is 21.9. The lowest BCUT2D eigenvalue weighted by Crippen LogP contribution is -2.29. The number of para-hydroxylation sites is 1. The summed E-state index contributed by atoms with van der Waals surface area (Å²) < 4.78 is 28.0. The van der Waals surface area contributed by atoms with Crippen LogP contribution in [0.1, 0.15) is 34.6 Å². The highest BCUT2D eigenvalue weighted by Gasteiger charge is 2.27. The first-order valence-electron chi connectivity index (χ1n) is 11.5. The van der Waals surface area contributed by atoms with Crippen LogP contribution in [0.2, 0.25) is 0 Å². The number of hydrogen-bond donors (Lipinski definition) is 2. The average molecular weight is 527 g/mol. The van der Waals surface area contributed by atoms with Gasteiger partial charge in [-0.1, -0.05) is 26.0 Å². The van der Waals surface area contributed by atoms with Gasteiger partial charge >= 0.3 is 0 Å². The van der Waals surface area contributed by atoms with Crippen LogP contribution in [0.3, 0.4) is 0 Å². The van der Waals surface area contributed by atoms with E-state index in [1.165, 1.54) is 22.6 Å².